The fraction of sp³-hybridized carbons (Fsp3) is 0.267. The van der Waals surface area contributed by atoms with Crippen molar-refractivity contribution in [1.82, 2.24) is 19.9 Å². The zero-order valence-electron chi connectivity index (χ0n) is 11.5. The summed E-state index contributed by atoms with van der Waals surface area (Å²) in [7, 11) is 0. The summed E-state index contributed by atoms with van der Waals surface area (Å²) in [5, 5.41) is 0.490. The number of H-pyrrole nitrogens is 1. The minimum absolute atomic E-state index is 0.409. The standard InChI is InChI=1S/C15H14ClN5/c1-9-17-13(16)6-14(18-9)21-7-10(8-21)15-19-11-4-2-3-5-12(11)20-15/h2-6,10H,7-8H2,1H3,(H,19,20). The monoisotopic (exact) mass is 299 g/mol. The number of hydrogen-bond acceptors (Lipinski definition) is 4. The number of nitrogens with one attached hydrogen (secondary N) is 1. The number of aryl methyl sites for hydroxylation is 1. The Hall–Kier alpha value is -2.14. The van der Waals surface area contributed by atoms with Crippen molar-refractivity contribution < 1.29 is 0 Å². The number of anilines is 1. The van der Waals surface area contributed by atoms with Crippen LogP contribution in [0.1, 0.15) is 17.6 Å². The van der Waals surface area contributed by atoms with Gasteiger partial charge in [0.25, 0.3) is 0 Å². The van der Waals surface area contributed by atoms with Crippen LogP contribution in [-0.2, 0) is 0 Å². The van der Waals surface area contributed by atoms with E-state index in [1.807, 2.05) is 31.2 Å². The molecule has 1 saturated heterocycles. The predicted octanol–water partition coefficient (Wildman–Crippen LogP) is 2.92. The fourth-order valence-electron chi connectivity index (χ4n) is 2.68. The summed E-state index contributed by atoms with van der Waals surface area (Å²) in [6.07, 6.45) is 0. The quantitative estimate of drug-likeness (QED) is 0.739. The molecule has 3 heterocycles. The highest BCUT2D eigenvalue weighted by atomic mass is 35.5. The van der Waals surface area contributed by atoms with Gasteiger partial charge in [-0.05, 0) is 19.1 Å². The molecule has 0 radical (unpaired) electrons. The average molecular weight is 300 g/mol. The molecular formula is C15H14ClN5. The summed E-state index contributed by atoms with van der Waals surface area (Å²) in [6, 6.07) is 9.91. The van der Waals surface area contributed by atoms with Gasteiger partial charge in [0, 0.05) is 19.2 Å². The molecule has 106 valence electrons. The normalized spacial score (nSPS) is 15.4. The van der Waals surface area contributed by atoms with Gasteiger partial charge in [-0.25, -0.2) is 15.0 Å². The van der Waals surface area contributed by atoms with Gasteiger partial charge >= 0.3 is 0 Å². The van der Waals surface area contributed by atoms with Crippen molar-refractivity contribution in [3.63, 3.8) is 0 Å². The SMILES string of the molecule is Cc1nc(Cl)cc(N2CC(c3nc4ccccc4[nH]3)C2)n1. The number of nitrogens with zero attached hydrogens (tertiary/aromatic N) is 4. The summed E-state index contributed by atoms with van der Waals surface area (Å²) >= 11 is 5.99. The van der Waals surface area contributed by atoms with E-state index in [4.69, 9.17) is 11.6 Å². The van der Waals surface area contributed by atoms with Crippen LogP contribution in [0.5, 0.6) is 0 Å². The Morgan fingerprint density at radius 3 is 2.76 bits per heavy atom. The highest BCUT2D eigenvalue weighted by molar-refractivity contribution is 6.29. The van der Waals surface area contributed by atoms with Gasteiger partial charge in [0.2, 0.25) is 0 Å². The molecule has 1 N–H and O–H groups in total. The van der Waals surface area contributed by atoms with Gasteiger partial charge in [-0.1, -0.05) is 23.7 Å². The first kappa shape index (κ1) is 12.6. The summed E-state index contributed by atoms with van der Waals surface area (Å²) in [6.45, 7) is 3.64. The number of aromatic amines is 1. The lowest BCUT2D eigenvalue weighted by molar-refractivity contribution is 0.500. The Kier molecular flexibility index (Phi) is 2.82. The highest BCUT2D eigenvalue weighted by Gasteiger charge is 2.31. The van der Waals surface area contributed by atoms with Gasteiger partial charge in [-0.15, -0.1) is 0 Å². The largest absolute Gasteiger partial charge is 0.355 e. The molecule has 5 nitrogen and oxygen atoms in total. The molecule has 3 aromatic rings. The molecule has 0 atom stereocenters. The van der Waals surface area contributed by atoms with Crippen LogP contribution in [0.3, 0.4) is 0 Å². The van der Waals surface area contributed by atoms with E-state index in [9.17, 15) is 0 Å². The molecular weight excluding hydrogens is 286 g/mol. The molecule has 1 aromatic carbocycles. The number of aromatic nitrogens is 4. The molecule has 1 fully saturated rings. The first-order valence-electron chi connectivity index (χ1n) is 6.90. The molecule has 6 heteroatoms. The van der Waals surface area contributed by atoms with Crippen LogP contribution < -0.4 is 4.90 Å². The highest BCUT2D eigenvalue weighted by Crippen LogP contribution is 2.30. The Bertz CT molecular complexity index is 753. The van der Waals surface area contributed by atoms with Crippen LogP contribution in [-0.4, -0.2) is 33.0 Å². The number of benzene rings is 1. The maximum atomic E-state index is 5.99. The third-order valence-corrected chi connectivity index (χ3v) is 3.99. The van der Waals surface area contributed by atoms with Crippen molar-refractivity contribution in [2.45, 2.75) is 12.8 Å². The molecule has 0 aliphatic carbocycles. The maximum Gasteiger partial charge on any atom is 0.134 e. The summed E-state index contributed by atoms with van der Waals surface area (Å²) in [4.78, 5) is 18.8. The smallest absolute Gasteiger partial charge is 0.134 e. The van der Waals surface area contributed by atoms with Crippen LogP contribution in [0.15, 0.2) is 30.3 Å². The molecule has 2 aromatic heterocycles. The number of fused-ring (bicyclic) bond motifs is 1. The summed E-state index contributed by atoms with van der Waals surface area (Å²) < 4.78 is 0. The molecule has 4 rings (SSSR count). The zero-order valence-corrected chi connectivity index (χ0v) is 12.3. The van der Waals surface area contributed by atoms with Crippen LogP contribution in [0, 0.1) is 6.92 Å². The molecule has 1 aliphatic rings. The Balaban J connectivity index is 1.54. The second kappa shape index (κ2) is 4.70. The lowest BCUT2D eigenvalue weighted by Gasteiger charge is -2.39. The van der Waals surface area contributed by atoms with Gasteiger partial charge in [0.15, 0.2) is 0 Å². The molecule has 0 bridgehead atoms. The molecule has 21 heavy (non-hydrogen) atoms. The zero-order chi connectivity index (χ0) is 14.4. The number of para-hydroxylation sites is 2. The van der Waals surface area contributed by atoms with Crippen LogP contribution in [0.2, 0.25) is 5.15 Å². The molecule has 0 amide bonds. The van der Waals surface area contributed by atoms with Gasteiger partial charge in [-0.2, -0.15) is 0 Å². The van der Waals surface area contributed by atoms with Gasteiger partial charge in [0.1, 0.15) is 22.6 Å². The molecule has 0 spiro atoms. The third-order valence-electron chi connectivity index (χ3n) is 3.79. The Morgan fingerprint density at radius 1 is 1.19 bits per heavy atom. The fourth-order valence-corrected chi connectivity index (χ4v) is 2.90. The summed E-state index contributed by atoms with van der Waals surface area (Å²) in [5.74, 6) is 3.04. The lowest BCUT2D eigenvalue weighted by Crippen LogP contribution is -2.46. The van der Waals surface area contributed by atoms with E-state index >= 15 is 0 Å². The van der Waals surface area contributed by atoms with E-state index in [1.165, 1.54) is 0 Å². The third kappa shape index (κ3) is 2.23. The van der Waals surface area contributed by atoms with Crippen molar-refractivity contribution in [1.29, 1.82) is 0 Å². The second-order valence-corrected chi connectivity index (χ2v) is 5.72. The van der Waals surface area contributed by atoms with Gasteiger partial charge in [-0.3, -0.25) is 0 Å². The Labute approximate surface area is 127 Å². The van der Waals surface area contributed by atoms with E-state index in [0.717, 1.165) is 35.8 Å². The van der Waals surface area contributed by atoms with Crippen LogP contribution in [0.4, 0.5) is 5.82 Å². The Morgan fingerprint density at radius 2 is 2.00 bits per heavy atom. The number of halogens is 1. The predicted molar refractivity (Wildman–Crippen MR) is 82.8 cm³/mol. The van der Waals surface area contributed by atoms with Crippen molar-refractivity contribution in [3.8, 4) is 0 Å². The van der Waals surface area contributed by atoms with Crippen molar-refractivity contribution in [3.05, 3.63) is 47.1 Å². The first-order chi connectivity index (χ1) is 10.2. The van der Waals surface area contributed by atoms with E-state index in [2.05, 4.69) is 30.9 Å². The molecule has 0 unspecified atom stereocenters. The number of hydrogen-bond donors (Lipinski definition) is 1. The second-order valence-electron chi connectivity index (χ2n) is 5.34. The minimum Gasteiger partial charge on any atom is -0.355 e. The van der Waals surface area contributed by atoms with Gasteiger partial charge in [0.05, 0.1) is 17.0 Å². The maximum absolute atomic E-state index is 5.99. The van der Waals surface area contributed by atoms with Gasteiger partial charge < -0.3 is 9.88 Å². The number of imidazole rings is 1. The minimum atomic E-state index is 0.409. The average Bonchev–Trinajstić information content (AvgIpc) is 2.78. The van der Waals surface area contributed by atoms with Crippen LogP contribution in [0.25, 0.3) is 11.0 Å². The lowest BCUT2D eigenvalue weighted by atomic mass is 9.99. The number of rotatable bonds is 2. The van der Waals surface area contributed by atoms with E-state index in [0.29, 0.717) is 16.9 Å². The molecule has 0 saturated carbocycles. The molecule has 1 aliphatic heterocycles. The van der Waals surface area contributed by atoms with E-state index in [-0.39, 0.29) is 0 Å². The topological polar surface area (TPSA) is 57.7 Å². The van der Waals surface area contributed by atoms with Crippen molar-refractivity contribution in [2.75, 3.05) is 18.0 Å². The van der Waals surface area contributed by atoms with Crippen molar-refractivity contribution in [2.24, 2.45) is 0 Å². The van der Waals surface area contributed by atoms with Crippen molar-refractivity contribution >= 4 is 28.5 Å². The van der Waals surface area contributed by atoms with Crippen LogP contribution >= 0.6 is 11.6 Å². The van der Waals surface area contributed by atoms with E-state index in [1.54, 1.807) is 0 Å². The summed E-state index contributed by atoms with van der Waals surface area (Å²) in [5.41, 5.74) is 2.11. The first-order valence-corrected chi connectivity index (χ1v) is 7.27. The van der Waals surface area contributed by atoms with E-state index < -0.39 is 0 Å².